The molecule has 2 aliphatic rings. The number of rotatable bonds is 0. The molecule has 0 bridgehead atoms. The first kappa shape index (κ1) is 10.8. The molecule has 2 aliphatic carbocycles. The molecule has 0 aliphatic heterocycles. The van der Waals surface area contributed by atoms with E-state index >= 15 is 0 Å². The summed E-state index contributed by atoms with van der Waals surface area (Å²) in [6, 6.07) is 8.80. The van der Waals surface area contributed by atoms with Gasteiger partial charge in [-0.2, -0.15) is 0 Å². The average Bonchev–Trinajstić information content (AvgIpc) is 2.49. The van der Waals surface area contributed by atoms with Gasteiger partial charge in [-0.15, -0.1) is 0 Å². The minimum atomic E-state index is -0.0329. The van der Waals surface area contributed by atoms with Crippen molar-refractivity contribution < 1.29 is 0 Å². The van der Waals surface area contributed by atoms with Crippen molar-refractivity contribution in [2.75, 3.05) is 0 Å². The van der Waals surface area contributed by atoms with Gasteiger partial charge in [0, 0.05) is 16.9 Å². The van der Waals surface area contributed by atoms with Gasteiger partial charge >= 0.3 is 0 Å². The maximum Gasteiger partial charge on any atom is 0.0361 e. The summed E-state index contributed by atoms with van der Waals surface area (Å²) in [6.45, 7) is 6.88. The fourth-order valence-electron chi connectivity index (χ4n) is 3.62. The first-order chi connectivity index (χ1) is 7.99. The molecule has 1 nitrogen and oxygen atoms in total. The van der Waals surface area contributed by atoms with Crippen LogP contribution in [0.15, 0.2) is 48.1 Å². The van der Waals surface area contributed by atoms with E-state index in [1.807, 2.05) is 0 Å². The summed E-state index contributed by atoms with van der Waals surface area (Å²) in [7, 11) is 0. The molecule has 2 atom stereocenters. The molecule has 17 heavy (non-hydrogen) atoms. The second-order valence-electron chi connectivity index (χ2n) is 5.86. The first-order valence-corrected chi connectivity index (χ1v) is 6.24. The smallest absolute Gasteiger partial charge is 0.0361 e. The van der Waals surface area contributed by atoms with Crippen molar-refractivity contribution >= 4 is 0 Å². The van der Waals surface area contributed by atoms with Gasteiger partial charge in [0.25, 0.3) is 0 Å². The second-order valence-corrected chi connectivity index (χ2v) is 5.86. The maximum atomic E-state index is 6.36. The van der Waals surface area contributed by atoms with Gasteiger partial charge in [-0.3, -0.25) is 0 Å². The van der Waals surface area contributed by atoms with E-state index < -0.39 is 0 Å². The summed E-state index contributed by atoms with van der Waals surface area (Å²) in [5, 5.41) is 0. The molecule has 1 aromatic carbocycles. The predicted octanol–water partition coefficient (Wildman–Crippen LogP) is 3.06. The van der Waals surface area contributed by atoms with E-state index in [1.165, 1.54) is 16.7 Å². The number of allylic oxidation sites excluding steroid dienone is 2. The molecule has 0 amide bonds. The molecule has 2 N–H and O–H groups in total. The number of hydrogen-bond acceptors (Lipinski definition) is 1. The normalized spacial score (nSPS) is 32.9. The van der Waals surface area contributed by atoms with E-state index in [0.717, 1.165) is 0 Å². The van der Waals surface area contributed by atoms with Crippen molar-refractivity contribution in [2.24, 2.45) is 5.73 Å². The van der Waals surface area contributed by atoms with Crippen LogP contribution in [0.5, 0.6) is 0 Å². The Morgan fingerprint density at radius 3 is 2.41 bits per heavy atom. The minimum Gasteiger partial charge on any atom is -0.323 e. The monoisotopic (exact) mass is 225 g/mol. The van der Waals surface area contributed by atoms with Crippen LogP contribution in [0, 0.1) is 0 Å². The summed E-state index contributed by atoms with van der Waals surface area (Å²) >= 11 is 0. The zero-order valence-corrected chi connectivity index (χ0v) is 10.7. The van der Waals surface area contributed by atoms with E-state index in [2.05, 4.69) is 63.3 Å². The second kappa shape index (κ2) is 3.11. The van der Waals surface area contributed by atoms with Crippen molar-refractivity contribution in [2.45, 2.75) is 37.6 Å². The van der Waals surface area contributed by atoms with Crippen molar-refractivity contribution in [1.82, 2.24) is 0 Å². The molecule has 0 spiro atoms. The Kier molecular flexibility index (Phi) is 1.97. The number of nitrogens with two attached hydrogens (primary N) is 1. The van der Waals surface area contributed by atoms with Crippen LogP contribution in [0.25, 0.3) is 0 Å². The molecule has 0 aromatic heterocycles. The Morgan fingerprint density at radius 2 is 1.71 bits per heavy atom. The van der Waals surface area contributed by atoms with Crippen LogP contribution in [0.2, 0.25) is 0 Å². The van der Waals surface area contributed by atoms with E-state index in [1.54, 1.807) is 0 Å². The van der Waals surface area contributed by atoms with Crippen LogP contribution in [-0.2, 0) is 10.8 Å². The summed E-state index contributed by atoms with van der Waals surface area (Å²) < 4.78 is 0. The molecule has 0 radical (unpaired) electrons. The van der Waals surface area contributed by atoms with Crippen molar-refractivity contribution in [3.63, 3.8) is 0 Å². The SMILES string of the molecule is CC1(C)C2=CC=CC(N)C2(C)c2ccccc21. The lowest BCUT2D eigenvalue weighted by Crippen LogP contribution is -2.44. The zero-order chi connectivity index (χ0) is 12.3. The molecule has 0 heterocycles. The third kappa shape index (κ3) is 1.13. The van der Waals surface area contributed by atoms with E-state index in [-0.39, 0.29) is 16.9 Å². The van der Waals surface area contributed by atoms with Crippen LogP contribution < -0.4 is 5.73 Å². The van der Waals surface area contributed by atoms with Gasteiger partial charge in [0.15, 0.2) is 0 Å². The molecule has 1 heteroatoms. The fraction of sp³-hybridized carbons (Fsp3) is 0.375. The zero-order valence-electron chi connectivity index (χ0n) is 10.7. The molecule has 2 unspecified atom stereocenters. The van der Waals surface area contributed by atoms with Gasteiger partial charge in [0.05, 0.1) is 0 Å². The standard InChI is InChI=1S/C16H19N/c1-15(2)11-7-4-5-8-12(11)16(3)13(15)9-6-10-14(16)17/h4-10,14H,17H2,1-3H3. The van der Waals surface area contributed by atoms with Gasteiger partial charge in [-0.05, 0) is 23.6 Å². The predicted molar refractivity (Wildman–Crippen MR) is 72.0 cm³/mol. The molecule has 1 aromatic rings. The van der Waals surface area contributed by atoms with Gasteiger partial charge in [-0.1, -0.05) is 56.3 Å². The summed E-state index contributed by atoms with van der Waals surface area (Å²) in [6.07, 6.45) is 6.47. The highest BCUT2D eigenvalue weighted by Crippen LogP contribution is 2.55. The third-order valence-electron chi connectivity index (χ3n) is 4.64. The Hall–Kier alpha value is -1.34. The molecule has 0 fully saturated rings. The highest BCUT2D eigenvalue weighted by molar-refractivity contribution is 5.61. The van der Waals surface area contributed by atoms with Crippen LogP contribution in [0.1, 0.15) is 31.9 Å². The number of hydrogen-bond donors (Lipinski definition) is 1. The molecule has 88 valence electrons. The van der Waals surface area contributed by atoms with Crippen molar-refractivity contribution in [3.05, 3.63) is 59.2 Å². The van der Waals surface area contributed by atoms with E-state index in [4.69, 9.17) is 5.73 Å². The topological polar surface area (TPSA) is 26.0 Å². The largest absolute Gasteiger partial charge is 0.323 e. The Labute approximate surface area is 103 Å². The Balaban J connectivity index is 2.36. The first-order valence-electron chi connectivity index (χ1n) is 6.24. The number of benzene rings is 1. The van der Waals surface area contributed by atoms with Crippen LogP contribution in [0.4, 0.5) is 0 Å². The molecule has 0 saturated heterocycles. The Morgan fingerprint density at radius 1 is 1.06 bits per heavy atom. The van der Waals surface area contributed by atoms with Crippen LogP contribution in [-0.4, -0.2) is 6.04 Å². The van der Waals surface area contributed by atoms with Crippen LogP contribution in [0.3, 0.4) is 0 Å². The minimum absolute atomic E-state index is 0.0329. The molecule has 3 rings (SSSR count). The van der Waals surface area contributed by atoms with Gasteiger partial charge in [0.2, 0.25) is 0 Å². The lowest BCUT2D eigenvalue weighted by atomic mass is 9.68. The Bertz CT molecular complexity index is 536. The van der Waals surface area contributed by atoms with Crippen molar-refractivity contribution in [1.29, 1.82) is 0 Å². The van der Waals surface area contributed by atoms with Crippen molar-refractivity contribution in [3.8, 4) is 0 Å². The van der Waals surface area contributed by atoms with E-state index in [9.17, 15) is 0 Å². The summed E-state index contributed by atoms with van der Waals surface area (Å²) in [5.41, 5.74) is 10.7. The van der Waals surface area contributed by atoms with Gasteiger partial charge in [0.1, 0.15) is 0 Å². The lowest BCUT2D eigenvalue weighted by molar-refractivity contribution is 0.462. The molecular formula is C16H19N. The maximum absolute atomic E-state index is 6.36. The van der Waals surface area contributed by atoms with Gasteiger partial charge in [-0.25, -0.2) is 0 Å². The van der Waals surface area contributed by atoms with Crippen LogP contribution >= 0.6 is 0 Å². The molecular weight excluding hydrogens is 206 g/mol. The summed E-state index contributed by atoms with van der Waals surface area (Å²) in [5.74, 6) is 0. The fourth-order valence-corrected chi connectivity index (χ4v) is 3.62. The highest BCUT2D eigenvalue weighted by atomic mass is 14.7. The number of fused-ring (bicyclic) bond motifs is 3. The quantitative estimate of drug-likeness (QED) is 0.721. The summed E-state index contributed by atoms with van der Waals surface area (Å²) in [4.78, 5) is 0. The third-order valence-corrected chi connectivity index (χ3v) is 4.64. The lowest BCUT2D eigenvalue weighted by Gasteiger charge is -2.37. The average molecular weight is 225 g/mol. The van der Waals surface area contributed by atoms with E-state index in [0.29, 0.717) is 0 Å². The highest BCUT2D eigenvalue weighted by Gasteiger charge is 2.51. The molecule has 0 saturated carbocycles. The van der Waals surface area contributed by atoms with Gasteiger partial charge < -0.3 is 5.73 Å².